The van der Waals surface area contributed by atoms with Crippen molar-refractivity contribution in [1.29, 1.82) is 0 Å². The van der Waals surface area contributed by atoms with E-state index in [-0.39, 0.29) is 5.75 Å². The fourth-order valence-corrected chi connectivity index (χ4v) is 1.98. The number of benzene rings is 1. The molecule has 18 heavy (non-hydrogen) atoms. The molecule has 0 saturated carbocycles. The first kappa shape index (κ1) is 12.3. The van der Waals surface area contributed by atoms with Crippen LogP contribution < -0.4 is 10.5 Å². The molecule has 0 saturated heterocycles. The Morgan fingerprint density at radius 1 is 1.33 bits per heavy atom. The summed E-state index contributed by atoms with van der Waals surface area (Å²) in [6.45, 7) is 3.87. The highest BCUT2D eigenvalue weighted by molar-refractivity contribution is 5.81. The van der Waals surface area contributed by atoms with Gasteiger partial charge in [0.05, 0.1) is 13.3 Å². The number of anilines is 1. The largest absolute Gasteiger partial charge is 0.504 e. The van der Waals surface area contributed by atoms with Crippen molar-refractivity contribution >= 4 is 5.82 Å². The van der Waals surface area contributed by atoms with Crippen LogP contribution in [-0.4, -0.2) is 22.0 Å². The number of nitrogens with zero attached hydrogens (tertiary/aromatic N) is 2. The van der Waals surface area contributed by atoms with Gasteiger partial charge >= 0.3 is 0 Å². The number of rotatable bonds is 2. The average Bonchev–Trinajstić information content (AvgIpc) is 2.66. The van der Waals surface area contributed by atoms with E-state index < -0.39 is 0 Å². The minimum absolute atomic E-state index is 0.0975. The summed E-state index contributed by atoms with van der Waals surface area (Å²) < 4.78 is 6.81. The van der Waals surface area contributed by atoms with Gasteiger partial charge < -0.3 is 15.6 Å². The van der Waals surface area contributed by atoms with E-state index in [9.17, 15) is 5.11 Å². The molecule has 0 fully saturated rings. The number of hydrogen-bond acceptors (Lipinski definition) is 4. The van der Waals surface area contributed by atoms with Gasteiger partial charge in [-0.1, -0.05) is 0 Å². The molecule has 5 heteroatoms. The lowest BCUT2D eigenvalue weighted by atomic mass is 9.99. The van der Waals surface area contributed by atoms with Crippen molar-refractivity contribution in [1.82, 2.24) is 9.78 Å². The molecule has 0 aliphatic rings. The number of phenols is 1. The Morgan fingerprint density at radius 2 is 2.00 bits per heavy atom. The number of hydrogen-bond donors (Lipinski definition) is 2. The van der Waals surface area contributed by atoms with E-state index in [4.69, 9.17) is 10.5 Å². The summed E-state index contributed by atoms with van der Waals surface area (Å²) in [5.41, 5.74) is 9.22. The summed E-state index contributed by atoms with van der Waals surface area (Å²) in [7, 11) is 3.30. The summed E-state index contributed by atoms with van der Waals surface area (Å²) in [6.07, 6.45) is 1.64. The fraction of sp³-hybridized carbons (Fsp3) is 0.308. The highest BCUT2D eigenvalue weighted by Crippen LogP contribution is 2.42. The monoisotopic (exact) mass is 247 g/mol. The van der Waals surface area contributed by atoms with Crippen LogP contribution in [0.2, 0.25) is 0 Å². The van der Waals surface area contributed by atoms with Gasteiger partial charge in [0.2, 0.25) is 0 Å². The molecule has 1 aromatic carbocycles. The summed E-state index contributed by atoms with van der Waals surface area (Å²) in [5.74, 6) is 1.09. The number of ether oxygens (including phenoxy) is 1. The molecule has 0 unspecified atom stereocenters. The van der Waals surface area contributed by atoms with E-state index in [1.165, 1.54) is 7.11 Å². The van der Waals surface area contributed by atoms with Crippen LogP contribution in [0.25, 0.3) is 11.1 Å². The average molecular weight is 247 g/mol. The molecule has 0 aliphatic heterocycles. The predicted octanol–water partition coefficient (Wildman–Crippen LogP) is 2.00. The lowest BCUT2D eigenvalue weighted by Crippen LogP contribution is -1.99. The molecule has 2 rings (SSSR count). The first-order chi connectivity index (χ1) is 8.47. The Hall–Kier alpha value is -2.17. The molecule has 1 aromatic heterocycles. The van der Waals surface area contributed by atoms with Crippen LogP contribution in [0.3, 0.4) is 0 Å². The number of methoxy groups -OCH3 is 1. The van der Waals surface area contributed by atoms with Crippen molar-refractivity contribution in [2.24, 2.45) is 7.05 Å². The highest BCUT2D eigenvalue weighted by atomic mass is 16.5. The van der Waals surface area contributed by atoms with Gasteiger partial charge in [-0.2, -0.15) is 5.10 Å². The Morgan fingerprint density at radius 3 is 2.50 bits per heavy atom. The molecule has 5 nitrogen and oxygen atoms in total. The number of aromatic nitrogens is 2. The zero-order valence-corrected chi connectivity index (χ0v) is 11.0. The lowest BCUT2D eigenvalue weighted by molar-refractivity contribution is 0.371. The van der Waals surface area contributed by atoms with E-state index in [1.54, 1.807) is 17.9 Å². The minimum Gasteiger partial charge on any atom is -0.504 e. The molecule has 0 aliphatic carbocycles. The lowest BCUT2D eigenvalue weighted by Gasteiger charge is -2.14. The molecule has 0 amide bonds. The number of phenolic OH excluding ortho intramolecular Hbond substituents is 1. The fourth-order valence-electron chi connectivity index (χ4n) is 1.98. The van der Waals surface area contributed by atoms with Crippen LogP contribution in [0.1, 0.15) is 11.1 Å². The van der Waals surface area contributed by atoms with Gasteiger partial charge in [0.15, 0.2) is 11.5 Å². The van der Waals surface area contributed by atoms with Gasteiger partial charge in [-0.05, 0) is 31.0 Å². The maximum absolute atomic E-state index is 10.3. The van der Waals surface area contributed by atoms with Crippen LogP contribution in [0.4, 0.5) is 5.82 Å². The van der Waals surface area contributed by atoms with E-state index in [0.29, 0.717) is 22.7 Å². The molecule has 3 N–H and O–H groups in total. The van der Waals surface area contributed by atoms with Crippen LogP contribution >= 0.6 is 0 Å². The van der Waals surface area contributed by atoms with E-state index >= 15 is 0 Å². The predicted molar refractivity (Wildman–Crippen MR) is 70.7 cm³/mol. The Kier molecular flexibility index (Phi) is 2.90. The normalized spacial score (nSPS) is 10.7. The second kappa shape index (κ2) is 4.25. The van der Waals surface area contributed by atoms with E-state index in [2.05, 4.69) is 5.10 Å². The minimum atomic E-state index is 0.0975. The number of nitrogen functional groups attached to an aromatic ring is 1. The van der Waals surface area contributed by atoms with Gasteiger partial charge in [-0.3, -0.25) is 4.68 Å². The molecule has 1 heterocycles. The number of aryl methyl sites for hydroxylation is 2. The SMILES string of the molecule is COc1c(C)c(C)cc(-c2cnn(C)c2N)c1O. The maximum atomic E-state index is 10.3. The topological polar surface area (TPSA) is 73.3 Å². The van der Waals surface area contributed by atoms with Gasteiger partial charge in [0, 0.05) is 18.2 Å². The Bertz CT molecular complexity index is 603. The molecule has 2 aromatic rings. The third-order valence-electron chi connectivity index (χ3n) is 3.24. The third kappa shape index (κ3) is 1.68. The van der Waals surface area contributed by atoms with Crippen LogP contribution in [0, 0.1) is 13.8 Å². The smallest absolute Gasteiger partial charge is 0.166 e. The molecular weight excluding hydrogens is 230 g/mol. The summed E-state index contributed by atoms with van der Waals surface area (Å²) >= 11 is 0. The molecule has 0 atom stereocenters. The quantitative estimate of drug-likeness (QED) is 0.851. The Labute approximate surface area is 106 Å². The number of aromatic hydroxyl groups is 1. The maximum Gasteiger partial charge on any atom is 0.166 e. The van der Waals surface area contributed by atoms with Crippen molar-refractivity contribution in [3.05, 3.63) is 23.4 Å². The zero-order chi connectivity index (χ0) is 13.4. The molecule has 0 spiro atoms. The second-order valence-electron chi connectivity index (χ2n) is 4.31. The van der Waals surface area contributed by atoms with Crippen molar-refractivity contribution in [3.8, 4) is 22.6 Å². The van der Waals surface area contributed by atoms with Crippen molar-refractivity contribution in [3.63, 3.8) is 0 Å². The van der Waals surface area contributed by atoms with Gasteiger partial charge in [0.1, 0.15) is 5.82 Å². The zero-order valence-electron chi connectivity index (χ0n) is 11.0. The summed E-state index contributed by atoms with van der Waals surface area (Å²) in [6, 6.07) is 1.89. The molecule has 96 valence electrons. The van der Waals surface area contributed by atoms with Gasteiger partial charge in [-0.15, -0.1) is 0 Å². The van der Waals surface area contributed by atoms with Crippen LogP contribution in [0.5, 0.6) is 11.5 Å². The molecule has 0 bridgehead atoms. The summed E-state index contributed by atoms with van der Waals surface area (Å²) in [5, 5.41) is 14.3. The highest BCUT2D eigenvalue weighted by Gasteiger charge is 2.18. The van der Waals surface area contributed by atoms with E-state index in [1.807, 2.05) is 19.9 Å². The molecule has 0 radical (unpaired) electrons. The summed E-state index contributed by atoms with van der Waals surface area (Å²) in [4.78, 5) is 0. The van der Waals surface area contributed by atoms with Crippen LogP contribution in [0.15, 0.2) is 12.3 Å². The standard InChI is InChI=1S/C13H17N3O2/c1-7-5-9(10-6-15-16(3)13(10)14)11(17)12(18-4)8(7)2/h5-6,17H,14H2,1-4H3. The number of nitrogens with two attached hydrogens (primary N) is 1. The van der Waals surface area contributed by atoms with Crippen molar-refractivity contribution in [2.75, 3.05) is 12.8 Å². The van der Waals surface area contributed by atoms with Crippen LogP contribution in [-0.2, 0) is 7.05 Å². The van der Waals surface area contributed by atoms with Gasteiger partial charge in [0.25, 0.3) is 0 Å². The van der Waals surface area contributed by atoms with Crippen molar-refractivity contribution < 1.29 is 9.84 Å². The second-order valence-corrected chi connectivity index (χ2v) is 4.31. The first-order valence-electron chi connectivity index (χ1n) is 5.62. The first-order valence-corrected chi connectivity index (χ1v) is 5.62. The van der Waals surface area contributed by atoms with Crippen molar-refractivity contribution in [2.45, 2.75) is 13.8 Å². The van der Waals surface area contributed by atoms with E-state index in [0.717, 1.165) is 11.1 Å². The van der Waals surface area contributed by atoms with Gasteiger partial charge in [-0.25, -0.2) is 0 Å². The third-order valence-corrected chi connectivity index (χ3v) is 3.24. The Balaban J connectivity index is 2.73. The molecular formula is C13H17N3O2.